The lowest BCUT2D eigenvalue weighted by molar-refractivity contribution is -0.129. The Hall–Kier alpha value is -1.58. The Bertz CT molecular complexity index is 524. The first kappa shape index (κ1) is 30.5. The predicted molar refractivity (Wildman–Crippen MR) is 145 cm³/mol. The van der Waals surface area contributed by atoms with Gasteiger partial charge >= 0.3 is 0 Å². The van der Waals surface area contributed by atoms with E-state index >= 15 is 0 Å². The van der Waals surface area contributed by atoms with Crippen LogP contribution in [0.25, 0.3) is 0 Å². The van der Waals surface area contributed by atoms with Crippen molar-refractivity contribution in [3.05, 3.63) is 25.6 Å². The van der Waals surface area contributed by atoms with Gasteiger partial charge in [-0.05, 0) is 38.1 Å². The van der Waals surface area contributed by atoms with E-state index in [4.69, 9.17) is 0 Å². The summed E-state index contributed by atoms with van der Waals surface area (Å²) < 4.78 is 0. The number of hydrogen-bond acceptors (Lipinski definition) is 2. The fourth-order valence-corrected chi connectivity index (χ4v) is 5.12. The van der Waals surface area contributed by atoms with Crippen molar-refractivity contribution in [3.63, 3.8) is 0 Å². The molecule has 0 aromatic rings. The van der Waals surface area contributed by atoms with Crippen LogP contribution in [0.15, 0.2) is 25.6 Å². The number of amides is 2. The van der Waals surface area contributed by atoms with Gasteiger partial charge in [0.1, 0.15) is 0 Å². The molecule has 2 aliphatic heterocycles. The van der Waals surface area contributed by atoms with E-state index in [1.165, 1.54) is 89.9 Å². The third-order valence-electron chi connectivity index (χ3n) is 7.45. The summed E-state index contributed by atoms with van der Waals surface area (Å²) in [7, 11) is 0. The molecule has 2 unspecified atom stereocenters. The molecule has 4 heteroatoms. The van der Waals surface area contributed by atoms with Crippen LogP contribution in [0.1, 0.15) is 129 Å². The SMILES string of the molecule is C=CN1CCC(CCCCCCCCC)C1=O.C=CN1CCC(CCCCCCCCC)C1=O. The Morgan fingerprint density at radius 2 is 0.941 bits per heavy atom. The minimum Gasteiger partial charge on any atom is -0.319 e. The second-order valence-corrected chi connectivity index (χ2v) is 10.2. The molecule has 2 amide bonds. The molecule has 2 fully saturated rings. The average Bonchev–Trinajstić information content (AvgIpc) is 3.39. The van der Waals surface area contributed by atoms with E-state index in [2.05, 4.69) is 27.0 Å². The van der Waals surface area contributed by atoms with Crippen LogP contribution in [-0.2, 0) is 9.59 Å². The van der Waals surface area contributed by atoms with Crippen molar-refractivity contribution < 1.29 is 9.59 Å². The Morgan fingerprint density at radius 3 is 1.24 bits per heavy atom. The quantitative estimate of drug-likeness (QED) is 0.188. The Kier molecular flexibility index (Phi) is 17.6. The first-order valence-corrected chi connectivity index (χ1v) is 14.4. The molecule has 34 heavy (non-hydrogen) atoms. The monoisotopic (exact) mass is 474 g/mol. The summed E-state index contributed by atoms with van der Waals surface area (Å²) in [5, 5.41) is 0. The Morgan fingerprint density at radius 1 is 0.618 bits per heavy atom. The van der Waals surface area contributed by atoms with E-state index in [0.29, 0.717) is 11.8 Å². The topological polar surface area (TPSA) is 40.6 Å². The van der Waals surface area contributed by atoms with Gasteiger partial charge in [0.15, 0.2) is 0 Å². The summed E-state index contributed by atoms with van der Waals surface area (Å²) in [5.74, 6) is 1.16. The first-order chi connectivity index (χ1) is 16.6. The summed E-state index contributed by atoms with van der Waals surface area (Å²) in [6.07, 6.45) is 26.1. The Labute approximate surface area is 211 Å². The Balaban J connectivity index is 0.000000340. The highest BCUT2D eigenvalue weighted by molar-refractivity contribution is 5.82. The van der Waals surface area contributed by atoms with Gasteiger partial charge in [-0.25, -0.2) is 0 Å². The second kappa shape index (κ2) is 19.7. The lowest BCUT2D eigenvalue weighted by Crippen LogP contribution is -2.21. The molecule has 0 aromatic heterocycles. The fourth-order valence-electron chi connectivity index (χ4n) is 5.12. The second-order valence-electron chi connectivity index (χ2n) is 10.2. The van der Waals surface area contributed by atoms with Gasteiger partial charge in [0.05, 0.1) is 0 Å². The van der Waals surface area contributed by atoms with Crippen molar-refractivity contribution in [1.29, 1.82) is 0 Å². The lowest BCUT2D eigenvalue weighted by Gasteiger charge is -2.10. The van der Waals surface area contributed by atoms with Crippen molar-refractivity contribution in [2.45, 2.75) is 129 Å². The van der Waals surface area contributed by atoms with Crippen LogP contribution in [0, 0.1) is 11.8 Å². The summed E-state index contributed by atoms with van der Waals surface area (Å²) in [6, 6.07) is 0. The van der Waals surface area contributed by atoms with Crippen LogP contribution in [-0.4, -0.2) is 34.7 Å². The fraction of sp³-hybridized carbons (Fsp3) is 0.800. The highest BCUT2D eigenvalue weighted by atomic mass is 16.2. The van der Waals surface area contributed by atoms with Crippen LogP contribution in [0.3, 0.4) is 0 Å². The summed E-state index contributed by atoms with van der Waals surface area (Å²) in [6.45, 7) is 13.6. The molecule has 0 N–H and O–H groups in total. The zero-order chi connectivity index (χ0) is 25.0. The maximum absolute atomic E-state index is 11.8. The van der Waals surface area contributed by atoms with E-state index in [9.17, 15) is 9.59 Å². The van der Waals surface area contributed by atoms with Crippen molar-refractivity contribution >= 4 is 11.8 Å². The molecule has 0 aromatic carbocycles. The van der Waals surface area contributed by atoms with Crippen LogP contribution in [0.4, 0.5) is 0 Å². The molecule has 2 atom stereocenters. The standard InChI is InChI=1S/2C15H27NO/c2*1-3-5-6-7-8-9-10-11-14-12-13-16(4-2)15(14)17/h2*4,14H,2-3,5-13H2,1H3. The van der Waals surface area contributed by atoms with E-state index < -0.39 is 0 Å². The molecule has 0 bridgehead atoms. The van der Waals surface area contributed by atoms with E-state index in [-0.39, 0.29) is 11.8 Å². The van der Waals surface area contributed by atoms with Gasteiger partial charge in [-0.1, -0.05) is 117 Å². The number of unbranched alkanes of at least 4 members (excludes halogenated alkanes) is 12. The number of carbonyl (C=O) groups excluding carboxylic acids is 2. The molecule has 4 nitrogen and oxygen atoms in total. The zero-order valence-electron chi connectivity index (χ0n) is 22.6. The van der Waals surface area contributed by atoms with Crippen LogP contribution in [0.5, 0.6) is 0 Å². The van der Waals surface area contributed by atoms with Crippen molar-refractivity contribution in [3.8, 4) is 0 Å². The molecule has 0 radical (unpaired) electrons. The average molecular weight is 475 g/mol. The third kappa shape index (κ3) is 12.2. The van der Waals surface area contributed by atoms with Crippen LogP contribution in [0.2, 0.25) is 0 Å². The van der Waals surface area contributed by atoms with Gasteiger partial charge in [-0.15, -0.1) is 0 Å². The van der Waals surface area contributed by atoms with E-state index in [0.717, 1.165) is 38.8 Å². The van der Waals surface area contributed by atoms with Gasteiger partial charge in [0.25, 0.3) is 0 Å². The number of likely N-dealkylation sites (tertiary alicyclic amines) is 2. The normalized spacial score (nSPS) is 19.9. The molecule has 196 valence electrons. The van der Waals surface area contributed by atoms with Crippen molar-refractivity contribution in [1.82, 2.24) is 9.80 Å². The minimum atomic E-state index is 0.281. The minimum absolute atomic E-state index is 0.281. The largest absolute Gasteiger partial charge is 0.319 e. The van der Waals surface area contributed by atoms with Crippen molar-refractivity contribution in [2.75, 3.05) is 13.1 Å². The number of rotatable bonds is 18. The molecular formula is C30H54N2O2. The first-order valence-electron chi connectivity index (χ1n) is 14.4. The highest BCUT2D eigenvalue weighted by Gasteiger charge is 2.29. The maximum Gasteiger partial charge on any atom is 0.229 e. The summed E-state index contributed by atoms with van der Waals surface area (Å²) in [5.41, 5.74) is 0. The van der Waals surface area contributed by atoms with Crippen LogP contribution >= 0.6 is 0 Å². The molecular weight excluding hydrogens is 420 g/mol. The van der Waals surface area contributed by atoms with Gasteiger partial charge in [-0.3, -0.25) is 9.59 Å². The van der Waals surface area contributed by atoms with E-state index in [1.54, 1.807) is 22.2 Å². The molecule has 2 rings (SSSR count). The zero-order valence-corrected chi connectivity index (χ0v) is 22.6. The molecule has 2 heterocycles. The van der Waals surface area contributed by atoms with Gasteiger partial charge in [0, 0.05) is 24.9 Å². The van der Waals surface area contributed by atoms with Gasteiger partial charge in [-0.2, -0.15) is 0 Å². The molecule has 0 spiro atoms. The van der Waals surface area contributed by atoms with E-state index in [1.807, 2.05) is 0 Å². The molecule has 2 aliphatic rings. The van der Waals surface area contributed by atoms with Crippen LogP contribution < -0.4 is 0 Å². The number of nitrogens with zero attached hydrogens (tertiary/aromatic N) is 2. The van der Waals surface area contributed by atoms with Gasteiger partial charge < -0.3 is 9.80 Å². The molecule has 2 saturated heterocycles. The smallest absolute Gasteiger partial charge is 0.229 e. The third-order valence-corrected chi connectivity index (χ3v) is 7.45. The summed E-state index contributed by atoms with van der Waals surface area (Å²) in [4.78, 5) is 27.1. The maximum atomic E-state index is 11.8. The van der Waals surface area contributed by atoms with Crippen molar-refractivity contribution in [2.24, 2.45) is 11.8 Å². The number of hydrogen-bond donors (Lipinski definition) is 0. The van der Waals surface area contributed by atoms with Gasteiger partial charge in [0.2, 0.25) is 11.8 Å². The lowest BCUT2D eigenvalue weighted by atomic mass is 9.99. The molecule has 0 saturated carbocycles. The highest BCUT2D eigenvalue weighted by Crippen LogP contribution is 2.25. The molecule has 0 aliphatic carbocycles. The number of carbonyl (C=O) groups is 2. The summed E-state index contributed by atoms with van der Waals surface area (Å²) >= 11 is 0. The predicted octanol–water partition coefficient (Wildman–Crippen LogP) is 8.24.